The molecule has 2 aromatic heterocycles. The first-order valence-electron chi connectivity index (χ1n) is 17.2. The van der Waals surface area contributed by atoms with Gasteiger partial charge in [0.15, 0.2) is 5.78 Å². The molecule has 0 aliphatic carbocycles. The smallest absolute Gasteiger partial charge is 0.163 e. The number of pyridine rings is 1. The summed E-state index contributed by atoms with van der Waals surface area (Å²) in [6.07, 6.45) is 6.28. The van der Waals surface area contributed by atoms with Gasteiger partial charge in [-0.1, -0.05) is 109 Å². The van der Waals surface area contributed by atoms with E-state index in [0.717, 1.165) is 70.3 Å². The van der Waals surface area contributed by atoms with Crippen molar-refractivity contribution in [3.05, 3.63) is 186 Å². The summed E-state index contributed by atoms with van der Waals surface area (Å²) in [6, 6.07) is 52.5. The number of Topliss-reactive ketones (excluding diaryl/α,β-unsaturated/α-hetero) is 1. The van der Waals surface area contributed by atoms with E-state index in [4.69, 9.17) is 5.10 Å². The molecule has 5 aromatic carbocycles. The molecule has 240 valence electrons. The number of hydrogen-bond acceptors (Lipinski definition) is 4. The summed E-state index contributed by atoms with van der Waals surface area (Å²) in [7, 11) is 0. The van der Waals surface area contributed by atoms with Crippen LogP contribution in [-0.4, -0.2) is 33.6 Å². The molecule has 5 nitrogen and oxygen atoms in total. The van der Waals surface area contributed by atoms with E-state index in [1.807, 2.05) is 18.2 Å². The van der Waals surface area contributed by atoms with E-state index >= 15 is 0 Å². The predicted molar refractivity (Wildman–Crippen MR) is 198 cm³/mol. The molecule has 5 heteroatoms. The molecule has 0 bridgehead atoms. The lowest BCUT2D eigenvalue weighted by Crippen LogP contribution is -2.38. The Hall–Kier alpha value is -5.81. The van der Waals surface area contributed by atoms with Crippen molar-refractivity contribution in [1.82, 2.24) is 14.8 Å². The van der Waals surface area contributed by atoms with Crippen LogP contribution in [0.2, 0.25) is 0 Å². The number of nitrogens with zero attached hydrogens (tertiary/aromatic N) is 4. The van der Waals surface area contributed by atoms with Crippen molar-refractivity contribution >= 4 is 22.4 Å². The third-order valence-electron chi connectivity index (χ3n) is 9.96. The normalized spacial score (nSPS) is 14.9. The maximum absolute atomic E-state index is 14.1. The Labute approximate surface area is 287 Å². The number of rotatable bonds is 9. The van der Waals surface area contributed by atoms with Crippen LogP contribution in [0.25, 0.3) is 22.2 Å². The first kappa shape index (κ1) is 30.5. The van der Waals surface area contributed by atoms with E-state index < -0.39 is 5.54 Å². The second kappa shape index (κ2) is 13.4. The molecule has 1 fully saturated rings. The Bertz CT molecular complexity index is 2070. The molecule has 1 atom stereocenters. The first-order chi connectivity index (χ1) is 24.2. The highest BCUT2D eigenvalue weighted by Crippen LogP contribution is 2.44. The third kappa shape index (κ3) is 5.72. The topological polar surface area (TPSA) is 51.0 Å². The number of para-hydroxylation sites is 1. The molecule has 0 saturated carbocycles. The van der Waals surface area contributed by atoms with Crippen LogP contribution >= 0.6 is 0 Å². The number of aromatic nitrogens is 3. The van der Waals surface area contributed by atoms with Crippen molar-refractivity contribution in [2.24, 2.45) is 5.92 Å². The molecule has 0 N–H and O–H groups in total. The van der Waals surface area contributed by atoms with Gasteiger partial charge in [-0.25, -0.2) is 4.68 Å². The highest BCUT2D eigenvalue weighted by molar-refractivity contribution is 6.03. The van der Waals surface area contributed by atoms with Gasteiger partial charge < -0.3 is 4.90 Å². The van der Waals surface area contributed by atoms with Gasteiger partial charge in [0, 0.05) is 54.1 Å². The summed E-state index contributed by atoms with van der Waals surface area (Å²) in [6.45, 7) is 1.92. The average Bonchev–Trinajstić information content (AvgIpc) is 3.56. The standard InChI is InChI=1S/C44H38N4O/c49-42(30-33-14-13-29-47(32-33)39-21-11-4-12-22-39)35-23-24-41-40(31-35)43(34-25-27-45-28-26-34)46-48(41)44(36-15-5-1-6-16-36,37-17-7-2-8-18-37)38-19-9-3-10-20-38/h1-12,15-28,31,33H,13-14,29-30,32H2/t33-/m0/s1. The van der Waals surface area contributed by atoms with Crippen LogP contribution in [0.1, 0.15) is 46.3 Å². The van der Waals surface area contributed by atoms with Crippen LogP contribution < -0.4 is 4.90 Å². The number of carbonyl (C=O) groups is 1. The van der Waals surface area contributed by atoms with E-state index in [-0.39, 0.29) is 5.78 Å². The summed E-state index contributed by atoms with van der Waals surface area (Å²) in [4.78, 5) is 20.8. The maximum atomic E-state index is 14.1. The summed E-state index contributed by atoms with van der Waals surface area (Å²) in [5.74, 6) is 0.483. The maximum Gasteiger partial charge on any atom is 0.163 e. The van der Waals surface area contributed by atoms with Crippen molar-refractivity contribution in [2.45, 2.75) is 24.8 Å². The molecule has 0 amide bonds. The van der Waals surface area contributed by atoms with Crippen LogP contribution in [-0.2, 0) is 5.54 Å². The number of fused-ring (bicyclic) bond motifs is 1. The lowest BCUT2D eigenvalue weighted by atomic mass is 9.77. The monoisotopic (exact) mass is 638 g/mol. The molecule has 0 spiro atoms. The third-order valence-corrected chi connectivity index (χ3v) is 9.96. The lowest BCUT2D eigenvalue weighted by Gasteiger charge is -2.37. The van der Waals surface area contributed by atoms with Gasteiger partial charge in [0.05, 0.1) is 5.52 Å². The van der Waals surface area contributed by atoms with Crippen molar-refractivity contribution in [2.75, 3.05) is 18.0 Å². The van der Waals surface area contributed by atoms with Gasteiger partial charge in [-0.2, -0.15) is 5.10 Å². The first-order valence-corrected chi connectivity index (χ1v) is 17.2. The van der Waals surface area contributed by atoms with Crippen molar-refractivity contribution in [3.63, 3.8) is 0 Å². The second-order valence-corrected chi connectivity index (χ2v) is 13.0. The molecule has 0 radical (unpaired) electrons. The number of piperidine rings is 1. The molecule has 1 aliphatic rings. The fourth-order valence-electron chi connectivity index (χ4n) is 7.66. The van der Waals surface area contributed by atoms with Crippen molar-refractivity contribution in [1.29, 1.82) is 0 Å². The zero-order valence-corrected chi connectivity index (χ0v) is 27.4. The summed E-state index contributed by atoms with van der Waals surface area (Å²) in [5.41, 5.74) is 7.19. The van der Waals surface area contributed by atoms with Crippen molar-refractivity contribution < 1.29 is 4.79 Å². The Morgan fingerprint density at radius 1 is 0.694 bits per heavy atom. The second-order valence-electron chi connectivity index (χ2n) is 13.0. The number of carbonyl (C=O) groups excluding carboxylic acids is 1. The zero-order chi connectivity index (χ0) is 33.0. The Kier molecular flexibility index (Phi) is 8.32. The van der Waals surface area contributed by atoms with Gasteiger partial charge in [0.25, 0.3) is 0 Å². The van der Waals surface area contributed by atoms with Gasteiger partial charge in [-0.15, -0.1) is 0 Å². The Morgan fingerprint density at radius 2 is 1.27 bits per heavy atom. The van der Waals surface area contributed by atoms with Crippen LogP contribution in [0, 0.1) is 5.92 Å². The number of ketones is 1. The molecule has 1 saturated heterocycles. The molecule has 0 unspecified atom stereocenters. The van der Waals surface area contributed by atoms with Gasteiger partial charge >= 0.3 is 0 Å². The lowest BCUT2D eigenvalue weighted by molar-refractivity contribution is 0.0957. The van der Waals surface area contributed by atoms with Crippen LogP contribution in [0.5, 0.6) is 0 Å². The number of anilines is 1. The van der Waals surface area contributed by atoms with Gasteiger partial charge in [-0.05, 0) is 77.9 Å². The summed E-state index contributed by atoms with van der Waals surface area (Å²) >= 11 is 0. The molecule has 3 heterocycles. The fraction of sp³-hybridized carbons (Fsp3) is 0.159. The zero-order valence-electron chi connectivity index (χ0n) is 27.4. The van der Waals surface area contributed by atoms with Gasteiger partial charge in [0.1, 0.15) is 11.2 Å². The molecule has 49 heavy (non-hydrogen) atoms. The van der Waals surface area contributed by atoms with E-state index in [1.54, 1.807) is 12.4 Å². The van der Waals surface area contributed by atoms with Crippen LogP contribution in [0.4, 0.5) is 5.69 Å². The van der Waals surface area contributed by atoms with Crippen LogP contribution in [0.3, 0.4) is 0 Å². The fourth-order valence-corrected chi connectivity index (χ4v) is 7.66. The summed E-state index contributed by atoms with van der Waals surface area (Å²) < 4.78 is 2.17. The molecular formula is C44H38N4O. The quantitative estimate of drug-likeness (QED) is 0.117. The van der Waals surface area contributed by atoms with E-state index in [0.29, 0.717) is 12.3 Å². The molecule has 7 aromatic rings. The van der Waals surface area contributed by atoms with Gasteiger partial charge in [-0.3, -0.25) is 9.78 Å². The van der Waals surface area contributed by atoms with E-state index in [9.17, 15) is 4.79 Å². The number of hydrogen-bond donors (Lipinski definition) is 0. The highest BCUT2D eigenvalue weighted by Gasteiger charge is 2.41. The average molecular weight is 639 g/mol. The Balaban J connectivity index is 1.28. The van der Waals surface area contributed by atoms with E-state index in [2.05, 4.69) is 148 Å². The van der Waals surface area contributed by atoms with E-state index in [1.165, 1.54) is 5.69 Å². The SMILES string of the molecule is O=C(C[C@@H]1CCCN(c2ccccc2)C1)c1ccc2c(c1)c(-c1ccncc1)nn2C(c1ccccc1)(c1ccccc1)c1ccccc1. The van der Waals surface area contributed by atoms with Gasteiger partial charge in [0.2, 0.25) is 0 Å². The number of benzene rings is 5. The summed E-state index contributed by atoms with van der Waals surface area (Å²) in [5, 5.41) is 6.44. The predicted octanol–water partition coefficient (Wildman–Crippen LogP) is 9.43. The highest BCUT2D eigenvalue weighted by atomic mass is 16.1. The van der Waals surface area contributed by atoms with Crippen molar-refractivity contribution in [3.8, 4) is 11.3 Å². The minimum Gasteiger partial charge on any atom is -0.371 e. The Morgan fingerprint density at radius 3 is 1.86 bits per heavy atom. The molecule has 1 aliphatic heterocycles. The largest absolute Gasteiger partial charge is 0.371 e. The molecule has 8 rings (SSSR count). The minimum absolute atomic E-state index is 0.177. The minimum atomic E-state index is -0.790. The molecular weight excluding hydrogens is 601 g/mol. The van der Waals surface area contributed by atoms with Crippen LogP contribution in [0.15, 0.2) is 164 Å².